The fourth-order valence-corrected chi connectivity index (χ4v) is 4.72. The molecule has 3 heterocycles. The molecule has 0 saturated carbocycles. The van der Waals surface area contributed by atoms with Crippen LogP contribution in [0.2, 0.25) is 0 Å². The lowest BCUT2D eigenvalue weighted by Crippen LogP contribution is -2.32. The normalized spacial score (nSPS) is 22.1. The molecule has 0 radical (unpaired) electrons. The van der Waals surface area contributed by atoms with E-state index < -0.39 is 27.8 Å². The molecular weight excluding hydrogens is 338 g/mol. The Morgan fingerprint density at radius 1 is 1.21 bits per heavy atom. The highest BCUT2D eigenvalue weighted by Crippen LogP contribution is 2.36. The minimum absolute atomic E-state index is 0.00748. The number of nitrogens with two attached hydrogens (primary N) is 1. The standard InChI is InChI=1S/C13H17N5O5S/c1-6-11(7(2)22-16-6)24(20,21)18-4-9(12(14)19)10(5-18)13-15-8(3)17-23-13/h9-10H,4-5H2,1-3H3,(H2,14,19)/t9-,10-/m1/s1. The van der Waals surface area contributed by atoms with Crippen LogP contribution in [0.5, 0.6) is 0 Å². The van der Waals surface area contributed by atoms with E-state index in [0.717, 1.165) is 0 Å². The van der Waals surface area contributed by atoms with Crippen LogP contribution in [0.15, 0.2) is 13.9 Å². The third-order valence-electron chi connectivity index (χ3n) is 4.08. The summed E-state index contributed by atoms with van der Waals surface area (Å²) in [6, 6.07) is 0. The van der Waals surface area contributed by atoms with Gasteiger partial charge in [-0.05, 0) is 20.8 Å². The van der Waals surface area contributed by atoms with Gasteiger partial charge in [0.05, 0.1) is 11.8 Å². The summed E-state index contributed by atoms with van der Waals surface area (Å²) >= 11 is 0. The van der Waals surface area contributed by atoms with Gasteiger partial charge in [0.25, 0.3) is 0 Å². The molecule has 0 spiro atoms. The van der Waals surface area contributed by atoms with Crippen molar-refractivity contribution in [1.82, 2.24) is 19.6 Å². The highest BCUT2D eigenvalue weighted by Gasteiger charge is 2.46. The van der Waals surface area contributed by atoms with Crippen LogP contribution in [0.1, 0.15) is 29.1 Å². The quantitative estimate of drug-likeness (QED) is 0.798. The summed E-state index contributed by atoms with van der Waals surface area (Å²) in [5.41, 5.74) is 5.70. The van der Waals surface area contributed by atoms with Gasteiger partial charge in [-0.1, -0.05) is 10.3 Å². The fourth-order valence-electron chi connectivity index (χ4n) is 2.94. The van der Waals surface area contributed by atoms with Crippen LogP contribution < -0.4 is 5.73 Å². The molecule has 11 heteroatoms. The molecule has 1 fully saturated rings. The van der Waals surface area contributed by atoms with E-state index in [1.807, 2.05) is 0 Å². The molecule has 0 bridgehead atoms. The number of aryl methyl sites for hydroxylation is 3. The summed E-state index contributed by atoms with van der Waals surface area (Å²) in [5, 5.41) is 7.36. The van der Waals surface area contributed by atoms with Gasteiger partial charge < -0.3 is 14.8 Å². The molecule has 3 rings (SSSR count). The zero-order valence-corrected chi connectivity index (χ0v) is 14.2. The molecule has 2 atom stereocenters. The largest absolute Gasteiger partial charge is 0.369 e. The molecule has 0 aromatic carbocycles. The minimum atomic E-state index is -3.88. The Balaban J connectivity index is 1.97. The van der Waals surface area contributed by atoms with Crippen molar-refractivity contribution < 1.29 is 22.3 Å². The Bertz CT molecular complexity index is 867. The van der Waals surface area contributed by atoms with Gasteiger partial charge in [-0.15, -0.1) is 0 Å². The molecule has 24 heavy (non-hydrogen) atoms. The van der Waals surface area contributed by atoms with E-state index >= 15 is 0 Å². The van der Waals surface area contributed by atoms with Crippen LogP contribution in [-0.2, 0) is 14.8 Å². The Morgan fingerprint density at radius 3 is 2.42 bits per heavy atom. The van der Waals surface area contributed by atoms with Crippen LogP contribution in [0.4, 0.5) is 0 Å². The fraction of sp³-hybridized carbons (Fsp3) is 0.538. The van der Waals surface area contributed by atoms with E-state index in [1.54, 1.807) is 13.8 Å². The number of amides is 1. The van der Waals surface area contributed by atoms with E-state index in [0.29, 0.717) is 5.82 Å². The topological polar surface area (TPSA) is 145 Å². The molecule has 1 amide bonds. The van der Waals surface area contributed by atoms with E-state index in [-0.39, 0.29) is 35.3 Å². The number of carbonyl (C=O) groups excluding carboxylic acids is 1. The SMILES string of the molecule is Cc1noc([C@@H]2CN(S(=O)(=O)c3c(C)noc3C)C[C@H]2C(N)=O)n1. The molecule has 0 unspecified atom stereocenters. The lowest BCUT2D eigenvalue weighted by molar-refractivity contribution is -0.121. The van der Waals surface area contributed by atoms with Crippen molar-refractivity contribution in [2.24, 2.45) is 11.7 Å². The van der Waals surface area contributed by atoms with E-state index in [4.69, 9.17) is 14.8 Å². The second-order valence-corrected chi connectivity index (χ2v) is 7.65. The molecule has 130 valence electrons. The molecule has 1 aliphatic rings. The number of aromatic nitrogens is 3. The van der Waals surface area contributed by atoms with Crippen molar-refractivity contribution in [1.29, 1.82) is 0 Å². The maximum absolute atomic E-state index is 12.9. The first-order valence-corrected chi connectivity index (χ1v) is 8.68. The lowest BCUT2D eigenvalue weighted by atomic mass is 9.95. The number of hydrogen-bond acceptors (Lipinski definition) is 8. The van der Waals surface area contributed by atoms with Crippen LogP contribution in [0, 0.1) is 26.7 Å². The molecule has 1 aliphatic heterocycles. The van der Waals surface area contributed by atoms with Gasteiger partial charge in [0, 0.05) is 13.1 Å². The van der Waals surface area contributed by atoms with Crippen molar-refractivity contribution >= 4 is 15.9 Å². The number of rotatable bonds is 4. The first-order chi connectivity index (χ1) is 11.2. The molecule has 10 nitrogen and oxygen atoms in total. The number of hydrogen-bond donors (Lipinski definition) is 1. The highest BCUT2D eigenvalue weighted by atomic mass is 32.2. The van der Waals surface area contributed by atoms with Crippen LogP contribution in [0.25, 0.3) is 0 Å². The Labute approximate surface area is 138 Å². The van der Waals surface area contributed by atoms with Crippen molar-refractivity contribution in [3.05, 3.63) is 23.2 Å². The predicted molar refractivity (Wildman–Crippen MR) is 79.2 cm³/mol. The average Bonchev–Trinajstić information content (AvgIpc) is 3.17. The van der Waals surface area contributed by atoms with Crippen LogP contribution in [0.3, 0.4) is 0 Å². The van der Waals surface area contributed by atoms with Gasteiger partial charge in [-0.2, -0.15) is 9.29 Å². The Morgan fingerprint density at radius 2 is 1.92 bits per heavy atom. The summed E-state index contributed by atoms with van der Waals surface area (Å²) in [6.07, 6.45) is 0. The summed E-state index contributed by atoms with van der Waals surface area (Å²) in [5.74, 6) is -1.15. The van der Waals surface area contributed by atoms with Crippen molar-refractivity contribution in [3.8, 4) is 0 Å². The molecule has 0 aliphatic carbocycles. The maximum Gasteiger partial charge on any atom is 0.248 e. The third kappa shape index (κ3) is 2.59. The van der Waals surface area contributed by atoms with Crippen LogP contribution >= 0.6 is 0 Å². The van der Waals surface area contributed by atoms with E-state index in [9.17, 15) is 13.2 Å². The lowest BCUT2D eigenvalue weighted by Gasteiger charge is -2.15. The number of carbonyl (C=O) groups is 1. The van der Waals surface area contributed by atoms with Gasteiger partial charge in [0.15, 0.2) is 11.6 Å². The molecule has 2 aromatic heterocycles. The zero-order chi connectivity index (χ0) is 17.6. The molecule has 1 saturated heterocycles. The smallest absolute Gasteiger partial charge is 0.248 e. The highest BCUT2D eigenvalue weighted by molar-refractivity contribution is 7.89. The van der Waals surface area contributed by atoms with E-state index in [2.05, 4.69) is 15.3 Å². The first kappa shape index (κ1) is 16.6. The minimum Gasteiger partial charge on any atom is -0.369 e. The van der Waals surface area contributed by atoms with Gasteiger partial charge in [0.1, 0.15) is 10.6 Å². The van der Waals surface area contributed by atoms with E-state index in [1.165, 1.54) is 11.2 Å². The summed E-state index contributed by atoms with van der Waals surface area (Å²) in [7, 11) is -3.88. The van der Waals surface area contributed by atoms with Crippen LogP contribution in [-0.4, -0.2) is 47.0 Å². The van der Waals surface area contributed by atoms with Gasteiger partial charge in [-0.25, -0.2) is 8.42 Å². The third-order valence-corrected chi connectivity index (χ3v) is 6.15. The second kappa shape index (κ2) is 5.67. The summed E-state index contributed by atoms with van der Waals surface area (Å²) < 4.78 is 37.0. The first-order valence-electron chi connectivity index (χ1n) is 7.24. The second-order valence-electron chi connectivity index (χ2n) is 5.77. The number of sulfonamides is 1. The summed E-state index contributed by atoms with van der Waals surface area (Å²) in [6.45, 7) is 4.66. The van der Waals surface area contributed by atoms with Gasteiger partial charge >= 0.3 is 0 Å². The molecule has 2 N–H and O–H groups in total. The van der Waals surface area contributed by atoms with Crippen molar-refractivity contribution in [3.63, 3.8) is 0 Å². The summed E-state index contributed by atoms with van der Waals surface area (Å²) in [4.78, 5) is 15.9. The van der Waals surface area contributed by atoms with Crippen molar-refractivity contribution in [2.75, 3.05) is 13.1 Å². The zero-order valence-electron chi connectivity index (χ0n) is 13.4. The Kier molecular flexibility index (Phi) is 3.92. The van der Waals surface area contributed by atoms with Gasteiger partial charge in [-0.3, -0.25) is 4.79 Å². The predicted octanol–water partition coefficient (Wildman–Crippen LogP) is -0.128. The number of nitrogens with zero attached hydrogens (tertiary/aromatic N) is 4. The maximum atomic E-state index is 12.9. The molecular formula is C13H17N5O5S. The monoisotopic (exact) mass is 355 g/mol. The van der Waals surface area contributed by atoms with Crippen molar-refractivity contribution in [2.45, 2.75) is 31.6 Å². The Hall–Kier alpha value is -2.27. The number of primary amides is 1. The average molecular weight is 355 g/mol. The molecule has 2 aromatic rings. The van der Waals surface area contributed by atoms with Gasteiger partial charge in [0.2, 0.25) is 21.8 Å².